The molecule has 0 amide bonds. The van der Waals surface area contributed by atoms with Gasteiger partial charge in [0.05, 0.1) is 12.0 Å². The van der Waals surface area contributed by atoms with Crippen LogP contribution in [0.5, 0.6) is 11.5 Å². The van der Waals surface area contributed by atoms with E-state index in [4.69, 9.17) is 9.47 Å². The van der Waals surface area contributed by atoms with Crippen LogP contribution in [0.2, 0.25) is 0 Å². The summed E-state index contributed by atoms with van der Waals surface area (Å²) in [7, 11) is 1.46. The van der Waals surface area contributed by atoms with E-state index in [1.165, 1.54) is 37.5 Å². The predicted octanol–water partition coefficient (Wildman–Crippen LogP) is 5.36. The molecule has 0 unspecified atom stereocenters. The molecule has 0 spiro atoms. The Morgan fingerprint density at radius 2 is 1.71 bits per heavy atom. The summed E-state index contributed by atoms with van der Waals surface area (Å²) in [6.07, 6.45) is 2.91. The fourth-order valence-electron chi connectivity index (χ4n) is 2.81. The van der Waals surface area contributed by atoms with Crippen molar-refractivity contribution in [3.8, 4) is 11.5 Å². The second-order valence-electron chi connectivity index (χ2n) is 6.43. The first-order chi connectivity index (χ1) is 14.9. The van der Waals surface area contributed by atoms with E-state index in [0.717, 1.165) is 18.2 Å². The molecule has 0 aromatic heterocycles. The van der Waals surface area contributed by atoms with Crippen molar-refractivity contribution < 1.29 is 28.0 Å². The van der Waals surface area contributed by atoms with Crippen molar-refractivity contribution in [2.75, 3.05) is 7.11 Å². The standard InChI is InChI=1S/C23H17F2NO5/c1-30-22-11-3-15(2-10-21(27)16-4-6-18(24)7-5-16)12-17(22)14-31-23-13-19(25)8-9-20(23)26(28)29/h2-13H,14H2,1H3/b10-2+. The van der Waals surface area contributed by atoms with Crippen molar-refractivity contribution in [3.63, 3.8) is 0 Å². The van der Waals surface area contributed by atoms with Gasteiger partial charge in [-0.2, -0.15) is 0 Å². The largest absolute Gasteiger partial charge is 0.496 e. The summed E-state index contributed by atoms with van der Waals surface area (Å²) in [5.74, 6) is -1.15. The number of nitrogens with zero attached hydrogens (tertiary/aromatic N) is 1. The van der Waals surface area contributed by atoms with Gasteiger partial charge >= 0.3 is 5.69 Å². The Bertz CT molecular complexity index is 1140. The summed E-state index contributed by atoms with van der Waals surface area (Å²) in [6.45, 7) is -0.124. The van der Waals surface area contributed by atoms with Crippen LogP contribution < -0.4 is 9.47 Å². The zero-order chi connectivity index (χ0) is 22.4. The second kappa shape index (κ2) is 9.62. The van der Waals surface area contributed by atoms with Gasteiger partial charge in [-0.25, -0.2) is 8.78 Å². The fourth-order valence-corrected chi connectivity index (χ4v) is 2.81. The molecule has 0 bridgehead atoms. The lowest BCUT2D eigenvalue weighted by molar-refractivity contribution is -0.386. The third-order valence-electron chi connectivity index (χ3n) is 4.36. The monoisotopic (exact) mass is 425 g/mol. The minimum absolute atomic E-state index is 0.124. The summed E-state index contributed by atoms with van der Waals surface area (Å²) >= 11 is 0. The van der Waals surface area contributed by atoms with E-state index in [-0.39, 0.29) is 23.8 Å². The molecular weight excluding hydrogens is 408 g/mol. The highest BCUT2D eigenvalue weighted by Crippen LogP contribution is 2.30. The molecule has 0 aliphatic carbocycles. The molecule has 0 fully saturated rings. The van der Waals surface area contributed by atoms with Gasteiger partial charge in [-0.15, -0.1) is 0 Å². The van der Waals surface area contributed by atoms with Crippen LogP contribution >= 0.6 is 0 Å². The van der Waals surface area contributed by atoms with Crippen LogP contribution in [0.25, 0.3) is 6.08 Å². The van der Waals surface area contributed by atoms with Crippen molar-refractivity contribution in [1.29, 1.82) is 0 Å². The molecule has 3 aromatic rings. The quantitative estimate of drug-likeness (QED) is 0.210. The molecule has 0 radical (unpaired) electrons. The van der Waals surface area contributed by atoms with E-state index in [0.29, 0.717) is 22.4 Å². The normalized spacial score (nSPS) is 10.8. The van der Waals surface area contributed by atoms with Crippen LogP contribution in [0.15, 0.2) is 66.7 Å². The van der Waals surface area contributed by atoms with Gasteiger partial charge in [0.15, 0.2) is 11.5 Å². The Morgan fingerprint density at radius 1 is 1.00 bits per heavy atom. The van der Waals surface area contributed by atoms with Crippen LogP contribution in [0.3, 0.4) is 0 Å². The highest BCUT2D eigenvalue weighted by atomic mass is 19.1. The maximum Gasteiger partial charge on any atom is 0.311 e. The van der Waals surface area contributed by atoms with Crippen LogP contribution in [0, 0.1) is 21.7 Å². The lowest BCUT2D eigenvalue weighted by Crippen LogP contribution is -2.02. The van der Waals surface area contributed by atoms with Gasteiger partial charge < -0.3 is 9.47 Å². The molecule has 0 aliphatic rings. The smallest absolute Gasteiger partial charge is 0.311 e. The summed E-state index contributed by atoms with van der Waals surface area (Å²) in [6, 6.07) is 13.2. The molecular formula is C23H17F2NO5. The number of methoxy groups -OCH3 is 1. The Labute approximate surface area is 176 Å². The number of rotatable bonds is 8. The highest BCUT2D eigenvalue weighted by Gasteiger charge is 2.17. The van der Waals surface area contributed by atoms with E-state index in [1.807, 2.05) is 0 Å². The molecule has 3 rings (SSSR count). The molecule has 0 N–H and O–H groups in total. The van der Waals surface area contributed by atoms with Gasteiger partial charge in [0, 0.05) is 23.3 Å². The minimum Gasteiger partial charge on any atom is -0.496 e. The number of nitro groups is 1. The number of carbonyl (C=O) groups is 1. The Kier molecular flexibility index (Phi) is 6.71. The number of halogens is 2. The Balaban J connectivity index is 1.80. The molecule has 0 atom stereocenters. The molecule has 3 aromatic carbocycles. The zero-order valence-corrected chi connectivity index (χ0v) is 16.4. The molecule has 31 heavy (non-hydrogen) atoms. The molecule has 0 aliphatic heterocycles. The van der Waals surface area contributed by atoms with Gasteiger partial charge in [-0.3, -0.25) is 14.9 Å². The lowest BCUT2D eigenvalue weighted by atomic mass is 10.1. The number of carbonyl (C=O) groups excluding carboxylic acids is 1. The maximum absolute atomic E-state index is 13.5. The first-order valence-electron chi connectivity index (χ1n) is 9.09. The van der Waals surface area contributed by atoms with Crippen molar-refractivity contribution in [2.24, 2.45) is 0 Å². The summed E-state index contributed by atoms with van der Waals surface area (Å²) in [5.41, 5.74) is 1.16. The fraction of sp³-hybridized carbons (Fsp3) is 0.0870. The molecule has 8 heteroatoms. The topological polar surface area (TPSA) is 78.7 Å². The number of benzene rings is 3. The second-order valence-corrected chi connectivity index (χ2v) is 6.43. The third kappa shape index (κ3) is 5.51. The molecule has 0 saturated heterocycles. The summed E-state index contributed by atoms with van der Waals surface area (Å²) in [5, 5.41) is 11.1. The van der Waals surface area contributed by atoms with Crippen molar-refractivity contribution in [2.45, 2.75) is 6.61 Å². The van der Waals surface area contributed by atoms with E-state index >= 15 is 0 Å². The molecule has 158 valence electrons. The first-order valence-corrected chi connectivity index (χ1v) is 9.09. The third-order valence-corrected chi connectivity index (χ3v) is 4.36. The average Bonchev–Trinajstić information content (AvgIpc) is 2.76. The van der Waals surface area contributed by atoms with Crippen LogP contribution in [0.4, 0.5) is 14.5 Å². The average molecular weight is 425 g/mol. The van der Waals surface area contributed by atoms with Gasteiger partial charge in [0.2, 0.25) is 0 Å². The first kappa shape index (κ1) is 21.6. The zero-order valence-electron chi connectivity index (χ0n) is 16.4. The number of ketones is 1. The SMILES string of the molecule is COc1ccc(/C=C/C(=O)c2ccc(F)cc2)cc1COc1cc(F)ccc1[N+](=O)[O-]. The predicted molar refractivity (Wildman–Crippen MR) is 110 cm³/mol. The molecule has 0 heterocycles. The summed E-state index contributed by atoms with van der Waals surface area (Å²) < 4.78 is 37.2. The van der Waals surface area contributed by atoms with Crippen LogP contribution in [0.1, 0.15) is 21.5 Å². The lowest BCUT2D eigenvalue weighted by Gasteiger charge is -2.11. The minimum atomic E-state index is -0.663. The molecule has 0 saturated carbocycles. The molecule has 6 nitrogen and oxygen atoms in total. The number of ether oxygens (including phenoxy) is 2. The van der Waals surface area contributed by atoms with Crippen molar-refractivity contribution in [1.82, 2.24) is 0 Å². The maximum atomic E-state index is 13.5. The summed E-state index contributed by atoms with van der Waals surface area (Å²) in [4.78, 5) is 22.7. The van der Waals surface area contributed by atoms with E-state index in [2.05, 4.69) is 0 Å². The van der Waals surface area contributed by atoms with Crippen LogP contribution in [-0.2, 0) is 6.61 Å². The van der Waals surface area contributed by atoms with Crippen molar-refractivity contribution >= 4 is 17.5 Å². The number of nitro benzene ring substituents is 1. The highest BCUT2D eigenvalue weighted by molar-refractivity contribution is 6.06. The van der Waals surface area contributed by atoms with Gasteiger partial charge in [-0.05, 0) is 54.1 Å². The van der Waals surface area contributed by atoms with E-state index in [1.54, 1.807) is 24.3 Å². The number of hydrogen-bond acceptors (Lipinski definition) is 5. The van der Waals surface area contributed by atoms with E-state index < -0.39 is 16.6 Å². The van der Waals surface area contributed by atoms with Gasteiger partial charge in [0.1, 0.15) is 24.0 Å². The van der Waals surface area contributed by atoms with E-state index in [9.17, 15) is 23.7 Å². The van der Waals surface area contributed by atoms with Gasteiger partial charge in [-0.1, -0.05) is 12.1 Å². The van der Waals surface area contributed by atoms with Crippen LogP contribution in [-0.4, -0.2) is 17.8 Å². The Hall–Kier alpha value is -4.07. The Morgan fingerprint density at radius 3 is 2.39 bits per heavy atom. The number of hydrogen-bond donors (Lipinski definition) is 0. The van der Waals surface area contributed by atoms with Crippen molar-refractivity contribution in [3.05, 3.63) is 105 Å². The van der Waals surface area contributed by atoms with Gasteiger partial charge in [0.25, 0.3) is 0 Å². The number of allylic oxidation sites excluding steroid dienone is 1.